The molecular formula is C11H16N4O. The predicted octanol–water partition coefficient (Wildman–Crippen LogP) is 1.15. The summed E-state index contributed by atoms with van der Waals surface area (Å²) in [6.45, 7) is 5.71. The molecule has 0 aliphatic heterocycles. The molecule has 0 fully saturated rings. The first-order valence-corrected chi connectivity index (χ1v) is 5.21. The summed E-state index contributed by atoms with van der Waals surface area (Å²) < 4.78 is 0. The zero-order valence-electron chi connectivity index (χ0n) is 9.78. The lowest BCUT2D eigenvalue weighted by Crippen LogP contribution is -2.19. The van der Waals surface area contributed by atoms with Crippen molar-refractivity contribution in [2.24, 2.45) is 0 Å². The van der Waals surface area contributed by atoms with Gasteiger partial charge in [-0.1, -0.05) is 0 Å². The van der Waals surface area contributed by atoms with Crippen LogP contribution in [0.3, 0.4) is 0 Å². The molecule has 0 saturated carbocycles. The highest BCUT2D eigenvalue weighted by atomic mass is 16.3. The van der Waals surface area contributed by atoms with Crippen molar-refractivity contribution in [3.05, 3.63) is 16.8 Å². The summed E-state index contributed by atoms with van der Waals surface area (Å²) in [5.41, 5.74) is 2.13. The molecule has 1 rings (SSSR count). The second kappa shape index (κ2) is 5.42. The summed E-state index contributed by atoms with van der Waals surface area (Å²) in [6, 6.07) is 2.19. The molecule has 1 aromatic heterocycles. The van der Waals surface area contributed by atoms with E-state index in [9.17, 15) is 0 Å². The van der Waals surface area contributed by atoms with Crippen molar-refractivity contribution in [3.8, 4) is 6.07 Å². The second-order valence-corrected chi connectivity index (χ2v) is 3.80. The topological polar surface area (TPSA) is 81.8 Å². The highest BCUT2D eigenvalue weighted by molar-refractivity contribution is 5.56. The molecular weight excluding hydrogens is 204 g/mol. The van der Waals surface area contributed by atoms with E-state index in [2.05, 4.69) is 21.6 Å². The Morgan fingerprint density at radius 3 is 2.69 bits per heavy atom. The van der Waals surface area contributed by atoms with Crippen molar-refractivity contribution < 1.29 is 5.11 Å². The third kappa shape index (κ3) is 2.67. The van der Waals surface area contributed by atoms with E-state index in [0.29, 0.717) is 17.8 Å². The van der Waals surface area contributed by atoms with Gasteiger partial charge in [0.25, 0.3) is 0 Å². The van der Waals surface area contributed by atoms with Gasteiger partial charge in [0, 0.05) is 12.6 Å². The normalized spacial score (nSPS) is 11.9. The monoisotopic (exact) mass is 220 g/mol. The maximum Gasteiger partial charge on any atom is 0.167 e. The van der Waals surface area contributed by atoms with Gasteiger partial charge in [-0.15, -0.1) is 5.10 Å². The predicted molar refractivity (Wildman–Crippen MR) is 61.0 cm³/mol. The molecule has 16 heavy (non-hydrogen) atoms. The standard InChI is InChI=1S/C11H16N4O/c1-7(4-5-16)13-11-10(6-12)8(2)9(3)14-15-11/h7,16H,4-5H2,1-3H3,(H,13,15). The quantitative estimate of drug-likeness (QED) is 0.795. The Kier molecular flexibility index (Phi) is 4.20. The second-order valence-electron chi connectivity index (χ2n) is 3.80. The number of aromatic nitrogens is 2. The number of aliphatic hydroxyl groups is 1. The molecule has 1 aromatic rings. The Labute approximate surface area is 95.1 Å². The van der Waals surface area contributed by atoms with Crippen LogP contribution < -0.4 is 5.32 Å². The lowest BCUT2D eigenvalue weighted by Gasteiger charge is -2.14. The Morgan fingerprint density at radius 1 is 1.44 bits per heavy atom. The van der Waals surface area contributed by atoms with Crippen LogP contribution in [0.15, 0.2) is 0 Å². The SMILES string of the molecule is Cc1nnc(NC(C)CCO)c(C#N)c1C. The first-order valence-electron chi connectivity index (χ1n) is 5.21. The van der Waals surface area contributed by atoms with Gasteiger partial charge in [-0.05, 0) is 32.8 Å². The van der Waals surface area contributed by atoms with Crippen molar-refractivity contribution in [2.75, 3.05) is 11.9 Å². The minimum absolute atomic E-state index is 0.0634. The largest absolute Gasteiger partial charge is 0.396 e. The van der Waals surface area contributed by atoms with Crippen LogP contribution in [0, 0.1) is 25.2 Å². The van der Waals surface area contributed by atoms with E-state index in [1.54, 1.807) is 0 Å². The van der Waals surface area contributed by atoms with Gasteiger partial charge in [0.05, 0.1) is 5.69 Å². The summed E-state index contributed by atoms with van der Waals surface area (Å²) in [6.07, 6.45) is 0.611. The fourth-order valence-electron chi connectivity index (χ4n) is 1.35. The number of anilines is 1. The number of nitrogens with zero attached hydrogens (tertiary/aromatic N) is 3. The third-order valence-electron chi connectivity index (χ3n) is 2.51. The van der Waals surface area contributed by atoms with Gasteiger partial charge in [-0.25, -0.2) is 0 Å². The van der Waals surface area contributed by atoms with E-state index in [0.717, 1.165) is 11.3 Å². The van der Waals surface area contributed by atoms with Crippen LogP contribution in [-0.2, 0) is 0 Å². The fraction of sp³-hybridized carbons (Fsp3) is 0.545. The van der Waals surface area contributed by atoms with Gasteiger partial charge >= 0.3 is 0 Å². The number of aliphatic hydroxyl groups excluding tert-OH is 1. The number of hydrogen-bond donors (Lipinski definition) is 2. The fourth-order valence-corrected chi connectivity index (χ4v) is 1.35. The van der Waals surface area contributed by atoms with E-state index in [1.165, 1.54) is 0 Å². The van der Waals surface area contributed by atoms with Gasteiger partial charge < -0.3 is 10.4 Å². The van der Waals surface area contributed by atoms with Gasteiger partial charge in [0.1, 0.15) is 11.6 Å². The smallest absolute Gasteiger partial charge is 0.167 e. The molecule has 0 spiro atoms. The number of aryl methyl sites for hydroxylation is 1. The molecule has 86 valence electrons. The van der Waals surface area contributed by atoms with Crippen LogP contribution in [0.5, 0.6) is 0 Å². The maximum absolute atomic E-state index is 9.06. The van der Waals surface area contributed by atoms with E-state index in [-0.39, 0.29) is 12.6 Å². The molecule has 5 nitrogen and oxygen atoms in total. The Morgan fingerprint density at radius 2 is 2.12 bits per heavy atom. The zero-order chi connectivity index (χ0) is 12.1. The van der Waals surface area contributed by atoms with Gasteiger partial charge in [0.2, 0.25) is 0 Å². The van der Waals surface area contributed by atoms with Gasteiger partial charge in [-0.3, -0.25) is 0 Å². The van der Waals surface area contributed by atoms with Crippen LogP contribution in [0.2, 0.25) is 0 Å². The Hall–Kier alpha value is -1.67. The third-order valence-corrected chi connectivity index (χ3v) is 2.51. The molecule has 0 aliphatic carbocycles. The van der Waals surface area contributed by atoms with E-state index >= 15 is 0 Å². The average molecular weight is 220 g/mol. The first kappa shape index (κ1) is 12.4. The van der Waals surface area contributed by atoms with E-state index in [4.69, 9.17) is 10.4 Å². The molecule has 0 radical (unpaired) electrons. The van der Waals surface area contributed by atoms with Crippen molar-refractivity contribution >= 4 is 5.82 Å². The van der Waals surface area contributed by atoms with E-state index in [1.807, 2.05) is 20.8 Å². The summed E-state index contributed by atoms with van der Waals surface area (Å²) >= 11 is 0. The van der Waals surface area contributed by atoms with Crippen LogP contribution in [0.4, 0.5) is 5.82 Å². The Balaban J connectivity index is 2.97. The molecule has 0 aromatic carbocycles. The van der Waals surface area contributed by atoms with Crippen molar-refractivity contribution in [1.29, 1.82) is 5.26 Å². The molecule has 1 unspecified atom stereocenters. The van der Waals surface area contributed by atoms with Gasteiger partial charge in [-0.2, -0.15) is 10.4 Å². The summed E-state index contributed by atoms with van der Waals surface area (Å²) in [5.74, 6) is 0.492. The number of hydrogen-bond acceptors (Lipinski definition) is 5. The number of rotatable bonds is 4. The molecule has 1 heterocycles. The first-order chi connectivity index (χ1) is 7.60. The Bertz CT molecular complexity index is 411. The number of nitrogens with one attached hydrogen (secondary N) is 1. The molecule has 2 N–H and O–H groups in total. The van der Waals surface area contributed by atoms with Crippen LogP contribution >= 0.6 is 0 Å². The molecule has 1 atom stereocenters. The summed E-state index contributed by atoms with van der Waals surface area (Å²) in [4.78, 5) is 0. The average Bonchev–Trinajstić information content (AvgIpc) is 2.24. The zero-order valence-corrected chi connectivity index (χ0v) is 9.78. The molecule has 5 heteroatoms. The van der Waals surface area contributed by atoms with E-state index < -0.39 is 0 Å². The molecule has 0 saturated heterocycles. The summed E-state index contributed by atoms with van der Waals surface area (Å²) in [7, 11) is 0. The van der Waals surface area contributed by atoms with Crippen LogP contribution in [0.1, 0.15) is 30.2 Å². The lowest BCUT2D eigenvalue weighted by atomic mass is 10.1. The number of nitriles is 1. The minimum Gasteiger partial charge on any atom is -0.396 e. The molecule has 0 amide bonds. The van der Waals surface area contributed by atoms with Crippen molar-refractivity contribution in [2.45, 2.75) is 33.2 Å². The summed E-state index contributed by atoms with van der Waals surface area (Å²) in [5, 5.41) is 28.9. The van der Waals surface area contributed by atoms with Crippen molar-refractivity contribution in [3.63, 3.8) is 0 Å². The maximum atomic E-state index is 9.06. The molecule has 0 bridgehead atoms. The van der Waals surface area contributed by atoms with Crippen LogP contribution in [-0.4, -0.2) is 28.0 Å². The highest BCUT2D eigenvalue weighted by Crippen LogP contribution is 2.18. The van der Waals surface area contributed by atoms with Crippen LogP contribution in [0.25, 0.3) is 0 Å². The highest BCUT2D eigenvalue weighted by Gasteiger charge is 2.12. The van der Waals surface area contributed by atoms with Crippen molar-refractivity contribution in [1.82, 2.24) is 10.2 Å². The molecule has 0 aliphatic rings. The lowest BCUT2D eigenvalue weighted by molar-refractivity contribution is 0.282. The van der Waals surface area contributed by atoms with Gasteiger partial charge in [0.15, 0.2) is 5.82 Å². The minimum atomic E-state index is 0.0634.